The van der Waals surface area contributed by atoms with Crippen molar-refractivity contribution < 1.29 is 5.11 Å². The molecule has 1 N–H and O–H groups in total. The highest BCUT2D eigenvalue weighted by Crippen LogP contribution is 2.25. The van der Waals surface area contributed by atoms with Gasteiger partial charge in [0.2, 0.25) is 5.95 Å². The summed E-state index contributed by atoms with van der Waals surface area (Å²) in [6.07, 6.45) is 5.01. The molecule has 0 unspecified atom stereocenters. The second-order valence-electron chi connectivity index (χ2n) is 6.72. The zero-order valence-electron chi connectivity index (χ0n) is 14.6. The zero-order valence-corrected chi connectivity index (χ0v) is 15.4. The van der Waals surface area contributed by atoms with Crippen LogP contribution in [0.15, 0.2) is 30.6 Å². The maximum absolute atomic E-state index is 9.68. The first-order valence-electron chi connectivity index (χ1n) is 9.07. The molecule has 0 radical (unpaired) electrons. The van der Waals surface area contributed by atoms with Gasteiger partial charge >= 0.3 is 0 Å². The van der Waals surface area contributed by atoms with Gasteiger partial charge in [-0.2, -0.15) is 4.98 Å². The predicted octanol–water partition coefficient (Wildman–Crippen LogP) is 1.81. The van der Waals surface area contributed by atoms with Crippen molar-refractivity contribution in [3.63, 3.8) is 0 Å². The minimum Gasteiger partial charge on any atom is -0.393 e. The second kappa shape index (κ2) is 7.63. The fourth-order valence-electron chi connectivity index (χ4n) is 3.49. The third-order valence-corrected chi connectivity index (χ3v) is 5.31. The molecule has 2 aromatic heterocycles. The Morgan fingerprint density at radius 1 is 0.885 bits per heavy atom. The van der Waals surface area contributed by atoms with Crippen LogP contribution in [0.25, 0.3) is 0 Å². The highest BCUT2D eigenvalue weighted by Gasteiger charge is 2.23. The van der Waals surface area contributed by atoms with Crippen molar-refractivity contribution in [2.24, 2.45) is 0 Å². The molecule has 7 nitrogen and oxygen atoms in total. The van der Waals surface area contributed by atoms with Crippen LogP contribution < -0.4 is 14.7 Å². The van der Waals surface area contributed by atoms with Crippen LogP contribution in [0.3, 0.4) is 0 Å². The number of hydrogen-bond acceptors (Lipinski definition) is 7. The van der Waals surface area contributed by atoms with E-state index >= 15 is 0 Å². The van der Waals surface area contributed by atoms with E-state index in [0.717, 1.165) is 69.7 Å². The van der Waals surface area contributed by atoms with Crippen LogP contribution in [0.5, 0.6) is 0 Å². The average Bonchev–Trinajstić information content (AvgIpc) is 2.69. The van der Waals surface area contributed by atoms with Crippen molar-refractivity contribution in [3.8, 4) is 0 Å². The van der Waals surface area contributed by atoms with Gasteiger partial charge in [-0.05, 0) is 31.0 Å². The van der Waals surface area contributed by atoms with E-state index in [1.807, 2.05) is 24.4 Å². The third kappa shape index (κ3) is 3.68. The summed E-state index contributed by atoms with van der Waals surface area (Å²) in [5.74, 6) is 2.55. The fraction of sp³-hybridized carbons (Fsp3) is 0.500. The first-order chi connectivity index (χ1) is 12.7. The van der Waals surface area contributed by atoms with Crippen molar-refractivity contribution in [3.05, 3.63) is 35.6 Å². The highest BCUT2D eigenvalue weighted by atomic mass is 35.5. The van der Waals surface area contributed by atoms with Gasteiger partial charge in [-0.25, -0.2) is 9.97 Å². The maximum Gasteiger partial charge on any atom is 0.227 e. The summed E-state index contributed by atoms with van der Waals surface area (Å²) in [6, 6.07) is 5.67. The molecule has 26 heavy (non-hydrogen) atoms. The molecule has 138 valence electrons. The molecule has 2 aliphatic heterocycles. The molecule has 2 aromatic rings. The van der Waals surface area contributed by atoms with Crippen molar-refractivity contribution in [1.29, 1.82) is 0 Å². The third-order valence-electron chi connectivity index (χ3n) is 5.02. The number of nitrogens with zero attached hydrogens (tertiary/aromatic N) is 6. The minimum atomic E-state index is -0.181. The smallest absolute Gasteiger partial charge is 0.227 e. The molecule has 4 rings (SSSR count). The summed E-state index contributed by atoms with van der Waals surface area (Å²) in [6.45, 7) is 5.00. The van der Waals surface area contributed by atoms with Crippen LogP contribution >= 0.6 is 11.6 Å². The van der Waals surface area contributed by atoms with Crippen LogP contribution in [0, 0.1) is 0 Å². The van der Waals surface area contributed by atoms with Crippen LogP contribution in [0.1, 0.15) is 12.8 Å². The molecule has 0 aliphatic carbocycles. The molecule has 2 saturated heterocycles. The van der Waals surface area contributed by atoms with Crippen LogP contribution in [0.2, 0.25) is 5.02 Å². The molecule has 0 bridgehead atoms. The van der Waals surface area contributed by atoms with Gasteiger partial charge in [0.1, 0.15) is 11.6 Å². The van der Waals surface area contributed by atoms with E-state index in [1.54, 1.807) is 6.20 Å². The summed E-state index contributed by atoms with van der Waals surface area (Å²) >= 11 is 6.26. The molecule has 0 atom stereocenters. The molecule has 8 heteroatoms. The summed E-state index contributed by atoms with van der Waals surface area (Å²) in [4.78, 5) is 20.3. The van der Waals surface area contributed by atoms with Crippen molar-refractivity contribution in [2.75, 3.05) is 54.0 Å². The summed E-state index contributed by atoms with van der Waals surface area (Å²) < 4.78 is 0. The van der Waals surface area contributed by atoms with E-state index in [4.69, 9.17) is 16.6 Å². The van der Waals surface area contributed by atoms with E-state index in [-0.39, 0.29) is 6.10 Å². The normalized spacial score (nSPS) is 19.1. The predicted molar refractivity (Wildman–Crippen MR) is 103 cm³/mol. The highest BCUT2D eigenvalue weighted by molar-refractivity contribution is 6.32. The largest absolute Gasteiger partial charge is 0.393 e. The molecule has 0 aromatic carbocycles. The Labute approximate surface area is 158 Å². The molecule has 2 fully saturated rings. The standard InChI is InChI=1S/C18H23ClN6O/c19-15-2-1-6-20-17(15)24-10-12-25(13-11-24)18-21-7-3-16(22-18)23-8-4-14(26)5-9-23/h1-3,6-7,14,26H,4-5,8-13H2. The van der Waals surface area contributed by atoms with Crippen molar-refractivity contribution in [2.45, 2.75) is 18.9 Å². The number of anilines is 3. The van der Waals surface area contributed by atoms with Crippen molar-refractivity contribution in [1.82, 2.24) is 15.0 Å². The number of piperazine rings is 1. The summed E-state index contributed by atoms with van der Waals surface area (Å²) in [5, 5.41) is 10.4. The Morgan fingerprint density at radius 3 is 2.35 bits per heavy atom. The van der Waals surface area contributed by atoms with E-state index in [0.29, 0.717) is 5.02 Å². The first kappa shape index (κ1) is 17.3. The van der Waals surface area contributed by atoms with Gasteiger partial charge < -0.3 is 19.8 Å². The number of aliphatic hydroxyl groups excluding tert-OH is 1. The summed E-state index contributed by atoms with van der Waals surface area (Å²) in [7, 11) is 0. The van der Waals surface area contributed by atoms with Gasteiger partial charge in [0.25, 0.3) is 0 Å². The quantitative estimate of drug-likeness (QED) is 0.878. The Morgan fingerprint density at radius 2 is 1.62 bits per heavy atom. The van der Waals surface area contributed by atoms with E-state index < -0.39 is 0 Å². The molecular weight excluding hydrogens is 352 g/mol. The number of halogens is 1. The lowest BCUT2D eigenvalue weighted by molar-refractivity contribution is 0.145. The Bertz CT molecular complexity index is 744. The SMILES string of the molecule is OC1CCN(c2ccnc(N3CCN(c4ncccc4Cl)CC3)n2)CC1. The van der Waals surface area contributed by atoms with Gasteiger partial charge in [-0.3, -0.25) is 0 Å². The zero-order chi connectivity index (χ0) is 17.9. The lowest BCUT2D eigenvalue weighted by atomic mass is 10.1. The average molecular weight is 375 g/mol. The molecular formula is C18H23ClN6O. The molecule has 0 amide bonds. The van der Waals surface area contributed by atoms with Gasteiger partial charge in [0.15, 0.2) is 0 Å². The summed E-state index contributed by atoms with van der Waals surface area (Å²) in [5.41, 5.74) is 0. The number of aliphatic hydroxyl groups is 1. The molecule has 0 saturated carbocycles. The van der Waals surface area contributed by atoms with Gasteiger partial charge in [0, 0.05) is 51.7 Å². The number of aromatic nitrogens is 3. The molecule has 0 spiro atoms. The Balaban J connectivity index is 1.42. The topological polar surface area (TPSA) is 68.6 Å². The second-order valence-corrected chi connectivity index (χ2v) is 7.12. The number of piperidine rings is 1. The molecule has 2 aliphatic rings. The van der Waals surface area contributed by atoms with Gasteiger partial charge in [0.05, 0.1) is 11.1 Å². The number of pyridine rings is 1. The Hall–Kier alpha value is -2.12. The van der Waals surface area contributed by atoms with Crippen LogP contribution in [-0.4, -0.2) is 65.4 Å². The van der Waals surface area contributed by atoms with E-state index in [9.17, 15) is 5.11 Å². The monoisotopic (exact) mass is 374 g/mol. The molecule has 4 heterocycles. The van der Waals surface area contributed by atoms with Crippen LogP contribution in [-0.2, 0) is 0 Å². The van der Waals surface area contributed by atoms with Crippen LogP contribution in [0.4, 0.5) is 17.6 Å². The van der Waals surface area contributed by atoms with Crippen molar-refractivity contribution >= 4 is 29.2 Å². The number of hydrogen-bond donors (Lipinski definition) is 1. The van der Waals surface area contributed by atoms with E-state index in [2.05, 4.69) is 24.7 Å². The maximum atomic E-state index is 9.68. The lowest BCUT2D eigenvalue weighted by Crippen LogP contribution is -2.47. The Kier molecular flexibility index (Phi) is 5.08. The fourth-order valence-corrected chi connectivity index (χ4v) is 3.73. The van der Waals surface area contributed by atoms with E-state index in [1.165, 1.54) is 0 Å². The number of rotatable bonds is 3. The first-order valence-corrected chi connectivity index (χ1v) is 9.45. The minimum absolute atomic E-state index is 0.181. The van der Waals surface area contributed by atoms with Gasteiger partial charge in [-0.15, -0.1) is 0 Å². The van der Waals surface area contributed by atoms with Gasteiger partial charge in [-0.1, -0.05) is 11.6 Å². The lowest BCUT2D eigenvalue weighted by Gasteiger charge is -2.36.